The van der Waals surface area contributed by atoms with Crippen LogP contribution in [0.15, 0.2) is 39.5 Å². The monoisotopic (exact) mass is 406 g/mol. The van der Waals surface area contributed by atoms with Crippen LogP contribution in [0, 0.1) is 30.9 Å². The number of aryl methyl sites for hydroxylation is 3. The predicted octanol–water partition coefficient (Wildman–Crippen LogP) is 5.64. The molecule has 0 saturated heterocycles. The molecular formula is C24H26N2O4. The minimum atomic E-state index is -0.400. The van der Waals surface area contributed by atoms with Crippen LogP contribution < -0.4 is 10.5 Å². The molecule has 30 heavy (non-hydrogen) atoms. The van der Waals surface area contributed by atoms with Crippen molar-refractivity contribution in [1.82, 2.24) is 0 Å². The van der Waals surface area contributed by atoms with Gasteiger partial charge in [0.2, 0.25) is 0 Å². The van der Waals surface area contributed by atoms with Crippen LogP contribution in [0.1, 0.15) is 41.7 Å². The van der Waals surface area contributed by atoms with Gasteiger partial charge in [-0.05, 0) is 76.1 Å². The van der Waals surface area contributed by atoms with Crippen LogP contribution in [0.4, 0.5) is 11.4 Å². The van der Waals surface area contributed by atoms with E-state index in [1.165, 1.54) is 0 Å². The van der Waals surface area contributed by atoms with Crippen molar-refractivity contribution in [1.29, 1.82) is 0 Å². The van der Waals surface area contributed by atoms with Crippen LogP contribution >= 0.6 is 0 Å². The summed E-state index contributed by atoms with van der Waals surface area (Å²) in [4.78, 5) is 25.7. The third-order valence-corrected chi connectivity index (χ3v) is 5.46. The van der Waals surface area contributed by atoms with Gasteiger partial charge in [-0.25, -0.2) is 4.79 Å². The van der Waals surface area contributed by atoms with E-state index in [9.17, 15) is 14.9 Å². The zero-order chi connectivity index (χ0) is 22.0. The lowest BCUT2D eigenvalue weighted by molar-refractivity contribution is -0.386. The lowest BCUT2D eigenvalue weighted by Crippen LogP contribution is -2.21. The molecule has 0 spiro atoms. The molecule has 0 bridgehead atoms. The second-order valence-electron chi connectivity index (χ2n) is 7.37. The van der Waals surface area contributed by atoms with E-state index >= 15 is 0 Å². The molecule has 0 atom stereocenters. The maximum absolute atomic E-state index is 12.7. The highest BCUT2D eigenvalue weighted by molar-refractivity contribution is 5.87. The van der Waals surface area contributed by atoms with Crippen molar-refractivity contribution in [3.8, 4) is 0 Å². The first-order valence-corrected chi connectivity index (χ1v) is 10.0. The Morgan fingerprint density at radius 3 is 2.23 bits per heavy atom. The topological polar surface area (TPSA) is 76.6 Å². The fraction of sp³-hybridized carbons (Fsp3) is 0.292. The Morgan fingerprint density at radius 2 is 1.67 bits per heavy atom. The molecule has 3 rings (SSSR count). The molecule has 0 fully saturated rings. The average molecular weight is 406 g/mol. The Bertz CT molecular complexity index is 1180. The van der Waals surface area contributed by atoms with Crippen LogP contribution in [0.5, 0.6) is 0 Å². The third-order valence-electron chi connectivity index (χ3n) is 5.46. The molecule has 0 aliphatic rings. The van der Waals surface area contributed by atoms with E-state index in [2.05, 4.69) is 18.7 Å². The maximum atomic E-state index is 12.7. The van der Waals surface area contributed by atoms with Crippen LogP contribution in [-0.2, 0) is 0 Å². The summed E-state index contributed by atoms with van der Waals surface area (Å²) in [5.41, 5.74) is 4.62. The fourth-order valence-corrected chi connectivity index (χ4v) is 3.89. The van der Waals surface area contributed by atoms with Crippen LogP contribution in [0.2, 0.25) is 0 Å². The van der Waals surface area contributed by atoms with Crippen molar-refractivity contribution < 1.29 is 9.34 Å². The molecule has 0 saturated carbocycles. The largest absolute Gasteiger partial charge is 0.422 e. The van der Waals surface area contributed by atoms with Gasteiger partial charge in [-0.15, -0.1) is 0 Å². The zero-order valence-electron chi connectivity index (χ0n) is 18.0. The molecular weight excluding hydrogens is 380 g/mol. The quantitative estimate of drug-likeness (QED) is 0.301. The molecule has 1 aromatic heterocycles. The van der Waals surface area contributed by atoms with Gasteiger partial charge in [-0.1, -0.05) is 6.08 Å². The van der Waals surface area contributed by atoms with Gasteiger partial charge in [0.25, 0.3) is 5.69 Å². The number of benzene rings is 2. The van der Waals surface area contributed by atoms with Crippen molar-refractivity contribution in [2.24, 2.45) is 0 Å². The SMILES string of the molecule is CCN(CC)c1ccc2c(C)c(/C=C/c3cc(C)c([N+](=O)[O-])c(C)c3)c(=O)oc2c1. The lowest BCUT2D eigenvalue weighted by atomic mass is 10.0. The summed E-state index contributed by atoms with van der Waals surface area (Å²) < 4.78 is 5.62. The molecule has 3 aromatic rings. The molecule has 0 unspecified atom stereocenters. The third kappa shape index (κ3) is 3.99. The Hall–Kier alpha value is -3.41. The molecule has 0 aliphatic heterocycles. The summed E-state index contributed by atoms with van der Waals surface area (Å²) >= 11 is 0. The van der Waals surface area contributed by atoms with Crippen molar-refractivity contribution in [2.45, 2.75) is 34.6 Å². The summed E-state index contributed by atoms with van der Waals surface area (Å²) in [6.07, 6.45) is 3.51. The molecule has 156 valence electrons. The molecule has 0 N–H and O–H groups in total. The maximum Gasteiger partial charge on any atom is 0.343 e. The van der Waals surface area contributed by atoms with Crippen molar-refractivity contribution in [3.63, 3.8) is 0 Å². The van der Waals surface area contributed by atoms with E-state index in [1.54, 1.807) is 38.1 Å². The molecule has 0 aliphatic carbocycles. The fourth-order valence-electron chi connectivity index (χ4n) is 3.89. The number of anilines is 1. The van der Waals surface area contributed by atoms with Crippen LogP contribution in [0.3, 0.4) is 0 Å². The van der Waals surface area contributed by atoms with E-state index in [4.69, 9.17) is 4.42 Å². The highest BCUT2D eigenvalue weighted by atomic mass is 16.6. The first-order valence-electron chi connectivity index (χ1n) is 10.0. The molecule has 0 radical (unpaired) electrons. The van der Waals surface area contributed by atoms with Gasteiger partial charge in [0.1, 0.15) is 5.58 Å². The van der Waals surface area contributed by atoms with Gasteiger partial charge in [0.15, 0.2) is 0 Å². The van der Waals surface area contributed by atoms with Gasteiger partial charge in [0, 0.05) is 41.4 Å². The normalized spacial score (nSPS) is 11.4. The summed E-state index contributed by atoms with van der Waals surface area (Å²) in [7, 11) is 0. The smallest absolute Gasteiger partial charge is 0.343 e. The highest BCUT2D eigenvalue weighted by Gasteiger charge is 2.15. The minimum Gasteiger partial charge on any atom is -0.422 e. The van der Waals surface area contributed by atoms with E-state index < -0.39 is 5.63 Å². The van der Waals surface area contributed by atoms with E-state index in [1.807, 2.05) is 25.1 Å². The Kier molecular flexibility index (Phi) is 6.06. The van der Waals surface area contributed by atoms with Gasteiger partial charge in [-0.2, -0.15) is 0 Å². The van der Waals surface area contributed by atoms with Crippen molar-refractivity contribution >= 4 is 34.5 Å². The first kappa shape index (κ1) is 21.3. The summed E-state index contributed by atoms with van der Waals surface area (Å²) in [6.45, 7) is 11.3. The van der Waals surface area contributed by atoms with Gasteiger partial charge in [-0.3, -0.25) is 10.1 Å². The first-order chi connectivity index (χ1) is 14.3. The van der Waals surface area contributed by atoms with Gasteiger partial charge < -0.3 is 9.32 Å². The second kappa shape index (κ2) is 8.53. The number of fused-ring (bicyclic) bond motifs is 1. The molecule has 6 heteroatoms. The number of rotatable bonds is 6. The van der Waals surface area contributed by atoms with Gasteiger partial charge in [0.05, 0.1) is 10.5 Å². The molecule has 6 nitrogen and oxygen atoms in total. The summed E-state index contributed by atoms with van der Waals surface area (Å²) in [6, 6.07) is 9.43. The van der Waals surface area contributed by atoms with Crippen LogP contribution in [0.25, 0.3) is 23.1 Å². The molecule has 1 heterocycles. The Labute approximate surface area is 175 Å². The summed E-state index contributed by atoms with van der Waals surface area (Å²) in [5.74, 6) is 0. The number of hydrogen-bond donors (Lipinski definition) is 0. The Balaban J connectivity index is 2.04. The average Bonchev–Trinajstić information content (AvgIpc) is 2.67. The molecule has 2 aromatic carbocycles. The second-order valence-corrected chi connectivity index (χ2v) is 7.37. The highest BCUT2D eigenvalue weighted by Crippen LogP contribution is 2.27. The number of nitrogens with zero attached hydrogens (tertiary/aromatic N) is 2. The van der Waals surface area contributed by atoms with Crippen LogP contribution in [-0.4, -0.2) is 18.0 Å². The van der Waals surface area contributed by atoms with Gasteiger partial charge >= 0.3 is 5.63 Å². The predicted molar refractivity (Wildman–Crippen MR) is 122 cm³/mol. The van der Waals surface area contributed by atoms with Crippen molar-refractivity contribution in [2.75, 3.05) is 18.0 Å². The lowest BCUT2D eigenvalue weighted by Gasteiger charge is -2.21. The number of nitro groups is 1. The number of nitro benzene ring substituents is 1. The zero-order valence-corrected chi connectivity index (χ0v) is 18.0. The standard InChI is InChI=1S/C24H26N2O4/c1-6-25(7-2)19-9-11-20-17(5)21(24(27)30-22(20)14-19)10-8-18-12-15(3)23(26(28)29)16(4)13-18/h8-14H,6-7H2,1-5H3/b10-8+. The van der Waals surface area contributed by atoms with Crippen molar-refractivity contribution in [3.05, 3.63) is 78.7 Å². The molecule has 0 amide bonds. The van der Waals surface area contributed by atoms with E-state index in [0.717, 1.165) is 35.3 Å². The Morgan fingerprint density at radius 1 is 1.03 bits per heavy atom. The number of hydrogen-bond acceptors (Lipinski definition) is 5. The van der Waals surface area contributed by atoms with E-state index in [0.29, 0.717) is 22.3 Å². The summed E-state index contributed by atoms with van der Waals surface area (Å²) in [5, 5.41) is 12.1. The minimum absolute atomic E-state index is 0.123. The van der Waals surface area contributed by atoms with E-state index in [-0.39, 0.29) is 10.6 Å².